The number of hydrogen-bond acceptors (Lipinski definition) is 5. The predicted molar refractivity (Wildman–Crippen MR) is 125 cm³/mol. The molecule has 0 aliphatic heterocycles. The molecule has 0 aliphatic carbocycles. The third-order valence-corrected chi connectivity index (χ3v) is 4.71. The van der Waals surface area contributed by atoms with Crippen molar-refractivity contribution < 1.29 is 14.3 Å². The van der Waals surface area contributed by atoms with Crippen LogP contribution in [0.15, 0.2) is 36.8 Å². The van der Waals surface area contributed by atoms with Crippen LogP contribution in [0.2, 0.25) is 5.02 Å². The number of carbonyl (C=O) groups excluding carboxylic acids is 2. The fraction of sp³-hybridized carbons (Fsp3) is 0.364. The van der Waals surface area contributed by atoms with Crippen LogP contribution in [0, 0.1) is 5.92 Å². The molecule has 3 rings (SSSR count). The van der Waals surface area contributed by atoms with E-state index < -0.39 is 6.09 Å². The molecule has 0 unspecified atom stereocenters. The predicted octanol–water partition coefficient (Wildman–Crippen LogP) is 5.13. The Morgan fingerprint density at radius 2 is 1.91 bits per heavy atom. The van der Waals surface area contributed by atoms with E-state index in [4.69, 9.17) is 16.3 Å². The van der Waals surface area contributed by atoms with Crippen molar-refractivity contribution in [2.75, 3.05) is 24.2 Å². The summed E-state index contributed by atoms with van der Waals surface area (Å²) in [6.45, 7) is 8.29. The number of anilines is 2. The highest BCUT2D eigenvalue weighted by molar-refractivity contribution is 6.33. The number of urea groups is 1. The molecule has 170 valence electrons. The van der Waals surface area contributed by atoms with Gasteiger partial charge in [0.2, 0.25) is 5.78 Å². The second-order valence-corrected chi connectivity index (χ2v) is 8.56. The van der Waals surface area contributed by atoms with E-state index in [2.05, 4.69) is 34.4 Å². The number of amides is 3. The summed E-state index contributed by atoms with van der Waals surface area (Å²) in [4.78, 5) is 34.7. The lowest BCUT2D eigenvalue weighted by molar-refractivity contribution is 0.130. The zero-order valence-corrected chi connectivity index (χ0v) is 19.5. The first-order valence-electron chi connectivity index (χ1n) is 10.3. The smallest absolute Gasteiger partial charge is 0.411 e. The van der Waals surface area contributed by atoms with Gasteiger partial charge in [-0.1, -0.05) is 25.4 Å². The van der Waals surface area contributed by atoms with Crippen LogP contribution >= 0.6 is 11.6 Å². The van der Waals surface area contributed by atoms with E-state index in [1.807, 2.05) is 0 Å². The molecule has 2 N–H and O–H groups in total. The van der Waals surface area contributed by atoms with Gasteiger partial charge in [0.05, 0.1) is 28.7 Å². The second-order valence-electron chi connectivity index (χ2n) is 8.15. The molecule has 9 nitrogen and oxygen atoms in total. The molecule has 1 aromatic carbocycles. The molecule has 2 heterocycles. The molecule has 0 spiro atoms. The number of carbonyl (C=O) groups is 2. The normalized spacial score (nSPS) is 11.1. The Bertz CT molecular complexity index is 1130. The van der Waals surface area contributed by atoms with E-state index in [-0.39, 0.29) is 12.1 Å². The van der Waals surface area contributed by atoms with E-state index in [0.29, 0.717) is 45.9 Å². The molecule has 0 aliphatic rings. The monoisotopic (exact) mass is 458 g/mol. The van der Waals surface area contributed by atoms with Gasteiger partial charge in [0, 0.05) is 37.2 Å². The quantitative estimate of drug-likeness (QED) is 0.533. The van der Waals surface area contributed by atoms with E-state index in [1.165, 1.54) is 6.20 Å². The minimum atomic E-state index is -0.560. The molecule has 3 aromatic rings. The summed E-state index contributed by atoms with van der Waals surface area (Å²) in [5.74, 6) is 0.800. The van der Waals surface area contributed by atoms with Gasteiger partial charge in [0.15, 0.2) is 0 Å². The largest absolute Gasteiger partial charge is 0.447 e. The molecule has 3 amide bonds. The number of nitrogens with one attached hydrogen (secondary N) is 2. The van der Waals surface area contributed by atoms with E-state index in [1.54, 1.807) is 60.8 Å². The maximum atomic E-state index is 12.4. The molecule has 0 radical (unpaired) electrons. The minimum Gasteiger partial charge on any atom is -0.447 e. The van der Waals surface area contributed by atoms with Crippen molar-refractivity contribution in [1.29, 1.82) is 0 Å². The van der Waals surface area contributed by atoms with Crippen molar-refractivity contribution in [3.63, 3.8) is 0 Å². The molecule has 0 saturated heterocycles. The van der Waals surface area contributed by atoms with Crippen molar-refractivity contribution in [3.8, 4) is 11.3 Å². The number of ether oxygens (including phenoxy) is 1. The van der Waals surface area contributed by atoms with Gasteiger partial charge >= 0.3 is 12.1 Å². The highest BCUT2D eigenvalue weighted by Gasteiger charge is 2.14. The zero-order chi connectivity index (χ0) is 23.4. The molecule has 0 saturated carbocycles. The van der Waals surface area contributed by atoms with Gasteiger partial charge < -0.3 is 15.0 Å². The van der Waals surface area contributed by atoms with Crippen LogP contribution < -0.4 is 10.6 Å². The molecule has 2 aromatic heterocycles. The van der Waals surface area contributed by atoms with Gasteiger partial charge in [-0.05, 0) is 38.0 Å². The number of nitrogens with zero attached hydrogens (tertiary/aromatic N) is 4. The zero-order valence-electron chi connectivity index (χ0n) is 18.7. The standard InChI is InChI=1S/C22H27ClN6O3/c1-13(2)10-28(5)21(30)25-15-6-7-18(23)17(8-15)19-12-29-11-16(9-24-20(29)27-19)26-22(31)32-14(3)4/h6-9,11-14H,10H2,1-5H3,(H,25,30)(H,26,31). The van der Waals surface area contributed by atoms with Crippen molar-refractivity contribution in [2.24, 2.45) is 5.92 Å². The van der Waals surface area contributed by atoms with Crippen molar-refractivity contribution in [3.05, 3.63) is 41.8 Å². The topological polar surface area (TPSA) is 101 Å². The summed E-state index contributed by atoms with van der Waals surface area (Å²) in [7, 11) is 1.75. The van der Waals surface area contributed by atoms with Crippen LogP contribution in [0.25, 0.3) is 17.0 Å². The highest BCUT2D eigenvalue weighted by atomic mass is 35.5. The minimum absolute atomic E-state index is 0.201. The Labute approximate surface area is 191 Å². The van der Waals surface area contributed by atoms with Crippen LogP contribution in [0.3, 0.4) is 0 Å². The molecular weight excluding hydrogens is 432 g/mol. The summed E-state index contributed by atoms with van der Waals surface area (Å²) >= 11 is 6.41. The van der Waals surface area contributed by atoms with Crippen molar-refractivity contribution >= 4 is 40.9 Å². The molecule has 0 bridgehead atoms. The van der Waals surface area contributed by atoms with Gasteiger partial charge in [-0.2, -0.15) is 0 Å². The summed E-state index contributed by atoms with van der Waals surface area (Å²) in [5.41, 5.74) is 2.30. The number of aromatic nitrogens is 3. The van der Waals surface area contributed by atoms with Crippen LogP contribution in [0.4, 0.5) is 21.0 Å². The number of rotatable bonds is 6. The molecule has 0 fully saturated rings. The van der Waals surface area contributed by atoms with Gasteiger partial charge in [-0.15, -0.1) is 0 Å². The fourth-order valence-electron chi connectivity index (χ4n) is 3.09. The number of benzene rings is 1. The molecule has 0 atom stereocenters. The molecule has 10 heteroatoms. The summed E-state index contributed by atoms with van der Waals surface area (Å²) in [5, 5.41) is 6.00. The fourth-order valence-corrected chi connectivity index (χ4v) is 3.30. The average molecular weight is 459 g/mol. The first kappa shape index (κ1) is 23.3. The van der Waals surface area contributed by atoms with Crippen LogP contribution in [0.5, 0.6) is 0 Å². The highest BCUT2D eigenvalue weighted by Crippen LogP contribution is 2.30. The van der Waals surface area contributed by atoms with Gasteiger partial charge in [-0.3, -0.25) is 9.72 Å². The first-order valence-corrected chi connectivity index (χ1v) is 10.6. The number of imidazole rings is 1. The van der Waals surface area contributed by atoms with Crippen molar-refractivity contribution in [2.45, 2.75) is 33.8 Å². The number of fused-ring (bicyclic) bond motifs is 1. The van der Waals surface area contributed by atoms with E-state index in [9.17, 15) is 9.59 Å². The summed E-state index contributed by atoms with van der Waals surface area (Å²) < 4.78 is 6.76. The summed E-state index contributed by atoms with van der Waals surface area (Å²) in [6, 6.07) is 5.02. The van der Waals surface area contributed by atoms with Gasteiger partial charge in [-0.25, -0.2) is 19.6 Å². The van der Waals surface area contributed by atoms with E-state index in [0.717, 1.165) is 0 Å². The SMILES string of the molecule is CC(C)CN(C)C(=O)Nc1ccc(Cl)c(-c2cn3cc(NC(=O)OC(C)C)cnc3n2)c1. The van der Waals surface area contributed by atoms with Crippen LogP contribution in [-0.4, -0.2) is 51.1 Å². The van der Waals surface area contributed by atoms with Gasteiger partial charge in [0.1, 0.15) is 0 Å². The second kappa shape index (κ2) is 9.86. The third-order valence-electron chi connectivity index (χ3n) is 4.38. The Kier molecular flexibility index (Phi) is 7.19. The number of halogens is 1. The lowest BCUT2D eigenvalue weighted by atomic mass is 10.1. The van der Waals surface area contributed by atoms with Crippen LogP contribution in [0.1, 0.15) is 27.7 Å². The maximum Gasteiger partial charge on any atom is 0.411 e. The van der Waals surface area contributed by atoms with E-state index >= 15 is 0 Å². The Hall–Kier alpha value is -3.33. The molecule has 32 heavy (non-hydrogen) atoms. The lowest BCUT2D eigenvalue weighted by Gasteiger charge is -2.20. The third kappa shape index (κ3) is 5.88. The molecular formula is C22H27ClN6O3. The van der Waals surface area contributed by atoms with Crippen molar-refractivity contribution in [1.82, 2.24) is 19.3 Å². The first-order chi connectivity index (χ1) is 15.1. The van der Waals surface area contributed by atoms with Crippen LogP contribution in [-0.2, 0) is 4.74 Å². The maximum absolute atomic E-state index is 12.4. The lowest BCUT2D eigenvalue weighted by Crippen LogP contribution is -2.34. The Balaban J connectivity index is 1.82. The number of hydrogen-bond donors (Lipinski definition) is 2. The van der Waals surface area contributed by atoms with Gasteiger partial charge in [0.25, 0.3) is 0 Å². The average Bonchev–Trinajstić information content (AvgIpc) is 3.11. The summed E-state index contributed by atoms with van der Waals surface area (Å²) in [6.07, 6.45) is 4.14. The Morgan fingerprint density at radius 3 is 2.59 bits per heavy atom. The Morgan fingerprint density at radius 1 is 1.16 bits per heavy atom.